The van der Waals surface area contributed by atoms with Crippen molar-refractivity contribution in [3.63, 3.8) is 0 Å². The van der Waals surface area contributed by atoms with Crippen LogP contribution in [-0.4, -0.2) is 68.1 Å². The highest BCUT2D eigenvalue weighted by Crippen LogP contribution is 2.56. The lowest BCUT2D eigenvalue weighted by molar-refractivity contribution is -0.142. The molecule has 0 radical (unpaired) electrons. The average Bonchev–Trinajstić information content (AvgIpc) is 3.09. The third-order valence-corrected chi connectivity index (χ3v) is 8.23. The van der Waals surface area contributed by atoms with Crippen molar-refractivity contribution in [2.24, 2.45) is 5.41 Å². The van der Waals surface area contributed by atoms with Crippen molar-refractivity contribution in [1.29, 1.82) is 0 Å². The van der Waals surface area contributed by atoms with Crippen LogP contribution in [0.1, 0.15) is 41.7 Å². The molecule has 3 aromatic rings. The maximum Gasteiger partial charge on any atom is 0.225 e. The number of hydrogen-bond donors (Lipinski definition) is 0. The molecule has 2 saturated heterocycles. The van der Waals surface area contributed by atoms with Gasteiger partial charge in [-0.25, -0.2) is 18.7 Å². The number of nitrogens with zero attached hydrogens (tertiary/aromatic N) is 7. The molecule has 1 spiro atoms. The lowest BCUT2D eigenvalue weighted by Gasteiger charge is -2.58. The van der Waals surface area contributed by atoms with Gasteiger partial charge in [0, 0.05) is 42.5 Å². The molecule has 7 rings (SSSR count). The summed E-state index contributed by atoms with van der Waals surface area (Å²) in [5, 5.41) is 9.84. The second-order valence-corrected chi connectivity index (χ2v) is 11.4. The van der Waals surface area contributed by atoms with Crippen LogP contribution in [0.4, 0.5) is 14.7 Å². The number of halogens is 3. The highest BCUT2D eigenvalue weighted by molar-refractivity contribution is 6.30. The quantitative estimate of drug-likeness (QED) is 0.528. The molecule has 8 nitrogen and oxygen atoms in total. The van der Waals surface area contributed by atoms with E-state index in [0.717, 1.165) is 48.8 Å². The molecule has 3 fully saturated rings. The Labute approximate surface area is 212 Å². The molecule has 0 bridgehead atoms. The molecule has 0 N–H and O–H groups in total. The number of aromatic nitrogens is 5. The molecule has 5 heterocycles. The number of rotatable bonds is 4. The summed E-state index contributed by atoms with van der Waals surface area (Å²) >= 11 is 6.35. The van der Waals surface area contributed by atoms with Crippen LogP contribution in [0.25, 0.3) is 5.69 Å². The van der Waals surface area contributed by atoms with Gasteiger partial charge in [-0.15, -0.1) is 10.2 Å². The van der Waals surface area contributed by atoms with Crippen molar-refractivity contribution >= 4 is 17.5 Å². The summed E-state index contributed by atoms with van der Waals surface area (Å²) in [6.07, 6.45) is 3.24. The molecule has 1 saturated carbocycles. The number of ether oxygens (including phenoxy) is 1. The lowest BCUT2D eigenvalue weighted by Crippen LogP contribution is -2.62. The van der Waals surface area contributed by atoms with Crippen LogP contribution in [0.5, 0.6) is 0 Å². The van der Waals surface area contributed by atoms with Gasteiger partial charge in [0.05, 0.1) is 37.3 Å². The molecule has 0 amide bonds. The first-order valence-corrected chi connectivity index (χ1v) is 12.6. The first kappa shape index (κ1) is 22.5. The molecule has 2 aromatic heterocycles. The molecular weight excluding hydrogens is 488 g/mol. The van der Waals surface area contributed by atoms with E-state index in [-0.39, 0.29) is 36.9 Å². The summed E-state index contributed by atoms with van der Waals surface area (Å²) in [7, 11) is 0. The fourth-order valence-corrected chi connectivity index (χ4v) is 6.40. The summed E-state index contributed by atoms with van der Waals surface area (Å²) < 4.78 is 35.7. The summed E-state index contributed by atoms with van der Waals surface area (Å²) in [5.41, 5.74) is 1.31. The van der Waals surface area contributed by atoms with E-state index in [9.17, 15) is 8.78 Å². The Kier molecular flexibility index (Phi) is 4.94. The normalized spacial score (nSPS) is 22.3. The zero-order chi connectivity index (χ0) is 24.7. The highest BCUT2D eigenvalue weighted by atomic mass is 35.5. The van der Waals surface area contributed by atoms with Crippen molar-refractivity contribution in [3.05, 3.63) is 58.1 Å². The van der Waals surface area contributed by atoms with E-state index in [2.05, 4.69) is 34.5 Å². The molecule has 188 valence electrons. The summed E-state index contributed by atoms with van der Waals surface area (Å²) in [6, 6.07) is 5.86. The summed E-state index contributed by atoms with van der Waals surface area (Å²) in [4.78, 5) is 12.6. The van der Waals surface area contributed by atoms with Gasteiger partial charge < -0.3 is 9.64 Å². The third kappa shape index (κ3) is 3.61. The molecule has 0 atom stereocenters. The van der Waals surface area contributed by atoms with E-state index in [1.165, 1.54) is 6.20 Å². The van der Waals surface area contributed by atoms with Crippen LogP contribution in [0, 0.1) is 18.2 Å². The monoisotopic (exact) mass is 513 g/mol. The zero-order valence-electron chi connectivity index (χ0n) is 19.9. The Balaban J connectivity index is 1.12. The maximum atomic E-state index is 14.9. The topological polar surface area (TPSA) is 72.2 Å². The van der Waals surface area contributed by atoms with Crippen molar-refractivity contribution in [2.45, 2.75) is 44.4 Å². The first-order chi connectivity index (χ1) is 17.3. The molecule has 0 unspecified atom stereocenters. The van der Waals surface area contributed by atoms with Crippen LogP contribution in [0.15, 0.2) is 24.4 Å². The Morgan fingerprint density at radius 1 is 1.17 bits per heavy atom. The molecule has 1 aliphatic carbocycles. The van der Waals surface area contributed by atoms with Crippen molar-refractivity contribution < 1.29 is 13.5 Å². The van der Waals surface area contributed by atoms with E-state index >= 15 is 0 Å². The van der Waals surface area contributed by atoms with Gasteiger partial charge in [0.25, 0.3) is 0 Å². The van der Waals surface area contributed by atoms with Gasteiger partial charge in [0.1, 0.15) is 5.82 Å². The fourth-order valence-electron chi connectivity index (χ4n) is 6.21. The van der Waals surface area contributed by atoms with Crippen molar-refractivity contribution in [2.75, 3.05) is 37.7 Å². The minimum atomic E-state index is -1.32. The number of alkyl halides is 1. The van der Waals surface area contributed by atoms with E-state index < -0.39 is 5.67 Å². The standard InChI is InChI=1S/C25H26ClF2N7O/c1-15-19(27)7-29-23(30-15)34-10-24(11-34)5-17(6-24)22-32-31-21-9-33(12-25(28)13-36-14-25)8-16-4-18(26)2-3-20(16)35(21)22/h2-4,7,17H,5-6,8-14H2,1H3. The Hall–Kier alpha value is -2.69. The smallest absolute Gasteiger partial charge is 0.225 e. The van der Waals surface area contributed by atoms with Gasteiger partial charge in [-0.05, 0) is 43.5 Å². The Morgan fingerprint density at radius 3 is 2.69 bits per heavy atom. The number of aryl methyl sites for hydroxylation is 1. The second-order valence-electron chi connectivity index (χ2n) is 10.9. The number of anilines is 1. The van der Waals surface area contributed by atoms with Gasteiger partial charge in [-0.1, -0.05) is 11.6 Å². The second kappa shape index (κ2) is 7.90. The Bertz CT molecular complexity index is 1350. The van der Waals surface area contributed by atoms with Gasteiger partial charge in [-0.2, -0.15) is 0 Å². The molecule has 1 aromatic carbocycles. The summed E-state index contributed by atoms with van der Waals surface area (Å²) in [6.45, 7) is 5.02. The third-order valence-electron chi connectivity index (χ3n) is 7.99. The molecule has 3 aliphatic heterocycles. The fraction of sp³-hybridized carbons (Fsp3) is 0.520. The maximum absolute atomic E-state index is 14.9. The van der Waals surface area contributed by atoms with Gasteiger partial charge in [0.15, 0.2) is 17.3 Å². The minimum absolute atomic E-state index is 0.132. The number of hydrogen-bond acceptors (Lipinski definition) is 7. The van der Waals surface area contributed by atoms with Gasteiger partial charge in [0.2, 0.25) is 5.95 Å². The molecular formula is C25H26ClF2N7O. The molecule has 36 heavy (non-hydrogen) atoms. The highest BCUT2D eigenvalue weighted by Gasteiger charge is 2.55. The van der Waals surface area contributed by atoms with Crippen molar-refractivity contribution in [3.8, 4) is 5.69 Å². The average molecular weight is 514 g/mol. The van der Waals surface area contributed by atoms with Crippen LogP contribution in [0.2, 0.25) is 5.02 Å². The van der Waals surface area contributed by atoms with Crippen LogP contribution >= 0.6 is 11.6 Å². The Morgan fingerprint density at radius 2 is 1.97 bits per heavy atom. The number of benzene rings is 1. The van der Waals surface area contributed by atoms with E-state index in [0.29, 0.717) is 29.8 Å². The molecule has 4 aliphatic rings. The molecule has 11 heteroatoms. The minimum Gasteiger partial charge on any atom is -0.375 e. The largest absolute Gasteiger partial charge is 0.375 e. The van der Waals surface area contributed by atoms with E-state index in [4.69, 9.17) is 16.3 Å². The van der Waals surface area contributed by atoms with Crippen molar-refractivity contribution in [1.82, 2.24) is 29.6 Å². The lowest BCUT2D eigenvalue weighted by atomic mass is 9.57. The van der Waals surface area contributed by atoms with Gasteiger partial charge in [-0.3, -0.25) is 9.47 Å². The summed E-state index contributed by atoms with van der Waals surface area (Å²) in [5.74, 6) is 2.27. The van der Waals surface area contributed by atoms with Crippen LogP contribution in [-0.2, 0) is 17.8 Å². The first-order valence-electron chi connectivity index (χ1n) is 12.3. The predicted molar refractivity (Wildman–Crippen MR) is 128 cm³/mol. The van der Waals surface area contributed by atoms with Crippen LogP contribution < -0.4 is 4.90 Å². The van der Waals surface area contributed by atoms with E-state index in [1.807, 2.05) is 18.2 Å². The number of fused-ring (bicyclic) bond motifs is 3. The predicted octanol–water partition coefficient (Wildman–Crippen LogP) is 3.60. The van der Waals surface area contributed by atoms with Crippen LogP contribution in [0.3, 0.4) is 0 Å². The zero-order valence-corrected chi connectivity index (χ0v) is 20.7. The SMILES string of the molecule is Cc1nc(N2CC3(CC(c4nnc5n4-c4ccc(Cl)cc4CN(CC4(F)COC4)C5)C3)C2)ncc1F. The van der Waals surface area contributed by atoms with Gasteiger partial charge >= 0.3 is 0 Å². The van der Waals surface area contributed by atoms with E-state index in [1.54, 1.807) is 6.92 Å².